The number of halogens is 1. The number of aryl methyl sites for hydroxylation is 1. The number of aromatic nitrogens is 1. The molecule has 0 radical (unpaired) electrons. The van der Waals surface area contributed by atoms with Gasteiger partial charge in [-0.25, -0.2) is 4.39 Å². The molecule has 3 nitrogen and oxygen atoms in total. The van der Waals surface area contributed by atoms with E-state index in [4.69, 9.17) is 5.73 Å². The number of hydrogen-bond donors (Lipinski definition) is 1. The van der Waals surface area contributed by atoms with E-state index < -0.39 is 11.6 Å². The number of nitrogens with two attached hydrogens (primary N) is 1. The number of anilines is 1. The van der Waals surface area contributed by atoms with Crippen LogP contribution in [0.15, 0.2) is 36.5 Å². The van der Waals surface area contributed by atoms with Crippen molar-refractivity contribution in [2.45, 2.75) is 6.92 Å². The van der Waals surface area contributed by atoms with Gasteiger partial charge in [-0.15, -0.1) is 0 Å². The lowest BCUT2D eigenvalue weighted by Gasteiger charge is -2.03. The molecule has 0 saturated heterocycles. The van der Waals surface area contributed by atoms with Crippen LogP contribution in [-0.2, 0) is 0 Å². The number of benzene rings is 1. The van der Waals surface area contributed by atoms with Gasteiger partial charge in [0, 0.05) is 0 Å². The number of nitrogens with zero attached hydrogens (tertiary/aromatic N) is 1. The fourth-order valence-electron chi connectivity index (χ4n) is 1.49. The Morgan fingerprint density at radius 3 is 2.71 bits per heavy atom. The van der Waals surface area contributed by atoms with Gasteiger partial charge in [0.1, 0.15) is 11.5 Å². The third-order valence-electron chi connectivity index (χ3n) is 2.39. The van der Waals surface area contributed by atoms with Gasteiger partial charge in [-0.3, -0.25) is 9.78 Å². The van der Waals surface area contributed by atoms with Gasteiger partial charge in [0.15, 0.2) is 0 Å². The Balaban J connectivity index is 2.43. The molecule has 2 aromatic rings. The van der Waals surface area contributed by atoms with Gasteiger partial charge in [0.25, 0.3) is 0 Å². The number of carbonyl (C=O) groups excluding carboxylic acids is 1. The van der Waals surface area contributed by atoms with Crippen LogP contribution in [0.3, 0.4) is 0 Å². The van der Waals surface area contributed by atoms with Crippen LogP contribution in [0.2, 0.25) is 0 Å². The van der Waals surface area contributed by atoms with Gasteiger partial charge >= 0.3 is 0 Å². The number of carbonyl (C=O) groups is 1. The van der Waals surface area contributed by atoms with Crippen LogP contribution in [0.1, 0.15) is 21.6 Å². The van der Waals surface area contributed by atoms with Crippen molar-refractivity contribution in [1.82, 2.24) is 4.98 Å². The smallest absolute Gasteiger partial charge is 0.214 e. The highest BCUT2D eigenvalue weighted by Gasteiger charge is 2.15. The summed E-state index contributed by atoms with van der Waals surface area (Å²) in [7, 11) is 0. The Morgan fingerprint density at radius 1 is 1.29 bits per heavy atom. The van der Waals surface area contributed by atoms with Crippen LogP contribution in [0, 0.1) is 12.7 Å². The normalized spacial score (nSPS) is 10.2. The Hall–Kier alpha value is -2.23. The summed E-state index contributed by atoms with van der Waals surface area (Å²) >= 11 is 0. The minimum Gasteiger partial charge on any atom is -0.397 e. The van der Waals surface area contributed by atoms with Crippen molar-refractivity contribution in [2.24, 2.45) is 0 Å². The Morgan fingerprint density at radius 2 is 2.06 bits per heavy atom. The van der Waals surface area contributed by atoms with E-state index in [1.807, 2.05) is 0 Å². The van der Waals surface area contributed by atoms with E-state index in [-0.39, 0.29) is 11.3 Å². The van der Waals surface area contributed by atoms with Crippen LogP contribution in [-0.4, -0.2) is 10.8 Å². The summed E-state index contributed by atoms with van der Waals surface area (Å²) in [4.78, 5) is 15.9. The average molecular weight is 230 g/mol. The van der Waals surface area contributed by atoms with Crippen LogP contribution in [0.5, 0.6) is 0 Å². The molecule has 0 aliphatic rings. The molecule has 1 aromatic heterocycles. The summed E-state index contributed by atoms with van der Waals surface area (Å²) in [5, 5.41) is 0. The minimum absolute atomic E-state index is 0.0299. The van der Waals surface area contributed by atoms with Gasteiger partial charge in [0.2, 0.25) is 5.78 Å². The van der Waals surface area contributed by atoms with Crippen LogP contribution < -0.4 is 5.73 Å². The minimum atomic E-state index is -0.542. The van der Waals surface area contributed by atoms with E-state index >= 15 is 0 Å². The fourth-order valence-corrected chi connectivity index (χ4v) is 1.49. The van der Waals surface area contributed by atoms with Crippen molar-refractivity contribution in [3.63, 3.8) is 0 Å². The maximum atomic E-state index is 13.5. The summed E-state index contributed by atoms with van der Waals surface area (Å²) in [6.45, 7) is 1.80. The third-order valence-corrected chi connectivity index (χ3v) is 2.39. The molecule has 2 rings (SSSR count). The summed E-state index contributed by atoms with van der Waals surface area (Å²) in [5.41, 5.74) is 6.97. The zero-order chi connectivity index (χ0) is 12.4. The maximum absolute atomic E-state index is 13.5. The highest BCUT2D eigenvalue weighted by Crippen LogP contribution is 2.14. The Labute approximate surface area is 98.1 Å². The molecule has 0 unspecified atom stereocenters. The molecular weight excluding hydrogens is 219 g/mol. The number of ketones is 1. The number of nitrogen functional groups attached to an aromatic ring is 1. The number of hydrogen-bond acceptors (Lipinski definition) is 3. The van der Waals surface area contributed by atoms with Crippen LogP contribution in [0.25, 0.3) is 0 Å². The molecule has 0 aliphatic heterocycles. The van der Waals surface area contributed by atoms with E-state index in [1.54, 1.807) is 19.1 Å². The first-order valence-corrected chi connectivity index (χ1v) is 5.10. The zero-order valence-corrected chi connectivity index (χ0v) is 9.27. The van der Waals surface area contributed by atoms with Crippen molar-refractivity contribution in [3.8, 4) is 0 Å². The molecule has 1 heterocycles. The molecule has 0 aliphatic carbocycles. The van der Waals surface area contributed by atoms with Gasteiger partial charge in [0.05, 0.1) is 17.4 Å². The third kappa shape index (κ3) is 2.30. The molecule has 0 atom stereocenters. The molecule has 2 N–H and O–H groups in total. The molecule has 4 heteroatoms. The van der Waals surface area contributed by atoms with E-state index in [2.05, 4.69) is 4.98 Å². The largest absolute Gasteiger partial charge is 0.397 e. The predicted molar refractivity (Wildman–Crippen MR) is 63.2 cm³/mol. The first kappa shape index (κ1) is 11.3. The predicted octanol–water partition coefficient (Wildman–Crippen LogP) is 2.34. The maximum Gasteiger partial charge on any atom is 0.214 e. The van der Waals surface area contributed by atoms with Crippen molar-refractivity contribution in [2.75, 3.05) is 5.73 Å². The molecule has 0 amide bonds. The highest BCUT2D eigenvalue weighted by atomic mass is 19.1. The standard InChI is InChI=1S/C13H11FN2O/c1-8-2-4-11(14)10(6-8)13(17)12-5-3-9(15)7-16-12/h2-7H,15H2,1H3. The molecule has 0 bridgehead atoms. The summed E-state index contributed by atoms with van der Waals surface area (Å²) in [5.74, 6) is -0.981. The summed E-state index contributed by atoms with van der Waals surface area (Å²) in [6.07, 6.45) is 1.38. The molecule has 0 spiro atoms. The molecule has 17 heavy (non-hydrogen) atoms. The topological polar surface area (TPSA) is 56.0 Å². The van der Waals surface area contributed by atoms with Crippen molar-refractivity contribution < 1.29 is 9.18 Å². The summed E-state index contributed by atoms with van der Waals surface area (Å²) in [6, 6.07) is 7.45. The monoisotopic (exact) mass is 230 g/mol. The van der Waals surface area contributed by atoms with Crippen molar-refractivity contribution in [1.29, 1.82) is 0 Å². The molecule has 0 fully saturated rings. The fraction of sp³-hybridized carbons (Fsp3) is 0.0769. The first-order valence-electron chi connectivity index (χ1n) is 5.10. The molecule has 0 saturated carbocycles. The lowest BCUT2D eigenvalue weighted by Crippen LogP contribution is -2.07. The SMILES string of the molecule is Cc1ccc(F)c(C(=O)c2ccc(N)cn2)c1. The lowest BCUT2D eigenvalue weighted by atomic mass is 10.0. The second-order valence-corrected chi connectivity index (χ2v) is 3.79. The molecule has 86 valence electrons. The molecular formula is C13H11FN2O. The quantitative estimate of drug-likeness (QED) is 0.805. The Kier molecular flexibility index (Phi) is 2.87. The number of rotatable bonds is 2. The Bertz CT molecular complexity index is 564. The van der Waals surface area contributed by atoms with E-state index in [1.165, 1.54) is 24.4 Å². The highest BCUT2D eigenvalue weighted by molar-refractivity contribution is 6.08. The van der Waals surface area contributed by atoms with Gasteiger partial charge < -0.3 is 5.73 Å². The summed E-state index contributed by atoms with van der Waals surface area (Å²) < 4.78 is 13.5. The average Bonchev–Trinajstić information content (AvgIpc) is 2.32. The van der Waals surface area contributed by atoms with Crippen LogP contribution >= 0.6 is 0 Å². The van der Waals surface area contributed by atoms with E-state index in [0.29, 0.717) is 5.69 Å². The van der Waals surface area contributed by atoms with Crippen LogP contribution in [0.4, 0.5) is 10.1 Å². The first-order chi connectivity index (χ1) is 8.08. The molecule has 1 aromatic carbocycles. The second kappa shape index (κ2) is 4.33. The van der Waals surface area contributed by atoms with Gasteiger partial charge in [-0.2, -0.15) is 0 Å². The van der Waals surface area contributed by atoms with Gasteiger partial charge in [-0.05, 0) is 31.2 Å². The lowest BCUT2D eigenvalue weighted by molar-refractivity contribution is 0.103. The zero-order valence-electron chi connectivity index (χ0n) is 9.27. The number of pyridine rings is 1. The van der Waals surface area contributed by atoms with E-state index in [9.17, 15) is 9.18 Å². The van der Waals surface area contributed by atoms with Gasteiger partial charge in [-0.1, -0.05) is 11.6 Å². The van der Waals surface area contributed by atoms with Crippen molar-refractivity contribution in [3.05, 3.63) is 59.2 Å². The van der Waals surface area contributed by atoms with Crippen molar-refractivity contribution >= 4 is 11.5 Å². The second-order valence-electron chi connectivity index (χ2n) is 3.79. The van der Waals surface area contributed by atoms with E-state index in [0.717, 1.165) is 5.56 Å².